The Morgan fingerprint density at radius 2 is 1.69 bits per heavy atom. The number of nitrogens with zero attached hydrogens (tertiary/aromatic N) is 4. The second-order valence-corrected chi connectivity index (χ2v) is 7.02. The number of carbonyl (C=O) groups is 1. The van der Waals surface area contributed by atoms with Crippen molar-refractivity contribution < 1.29 is 14.3 Å². The van der Waals surface area contributed by atoms with Crippen LogP contribution in [0.25, 0.3) is 0 Å². The van der Waals surface area contributed by atoms with E-state index in [1.54, 1.807) is 18.9 Å². The fraction of sp³-hybridized carbons (Fsp3) is 0.381. The summed E-state index contributed by atoms with van der Waals surface area (Å²) in [5.74, 6) is 1.17. The van der Waals surface area contributed by atoms with Crippen molar-refractivity contribution in [1.29, 1.82) is 0 Å². The van der Waals surface area contributed by atoms with Crippen LogP contribution in [0.15, 0.2) is 18.2 Å². The van der Waals surface area contributed by atoms with Gasteiger partial charge in [-0.3, -0.25) is 14.2 Å². The number of aryl methyl sites for hydroxylation is 3. The van der Waals surface area contributed by atoms with E-state index >= 15 is 0 Å². The van der Waals surface area contributed by atoms with Crippen molar-refractivity contribution >= 4 is 11.6 Å². The molecular formula is C21H27N5O3. The number of benzene rings is 1. The van der Waals surface area contributed by atoms with Crippen LogP contribution in [0.2, 0.25) is 0 Å². The Labute approximate surface area is 170 Å². The fourth-order valence-electron chi connectivity index (χ4n) is 3.46. The first-order valence-electron chi connectivity index (χ1n) is 9.33. The Balaban J connectivity index is 1.86. The zero-order chi connectivity index (χ0) is 21.3. The van der Waals surface area contributed by atoms with Crippen LogP contribution in [-0.2, 0) is 13.6 Å². The van der Waals surface area contributed by atoms with Gasteiger partial charge in [0.15, 0.2) is 11.5 Å². The molecule has 0 aliphatic heterocycles. The molecule has 3 rings (SSSR count). The Morgan fingerprint density at radius 1 is 1.00 bits per heavy atom. The summed E-state index contributed by atoms with van der Waals surface area (Å²) in [5.41, 5.74) is 5.51. The maximum Gasteiger partial charge on any atom is 0.259 e. The summed E-state index contributed by atoms with van der Waals surface area (Å²) < 4.78 is 14.3. The summed E-state index contributed by atoms with van der Waals surface area (Å²) in [4.78, 5) is 12.9. The van der Waals surface area contributed by atoms with E-state index in [1.807, 2.05) is 57.6 Å². The normalized spacial score (nSPS) is 10.9. The highest BCUT2D eigenvalue weighted by molar-refractivity contribution is 6.06. The topological polar surface area (TPSA) is 83.2 Å². The number of anilines is 1. The largest absolute Gasteiger partial charge is 0.493 e. The third-order valence-electron chi connectivity index (χ3n) is 5.14. The minimum absolute atomic E-state index is 0.176. The molecule has 1 N–H and O–H groups in total. The van der Waals surface area contributed by atoms with Crippen molar-refractivity contribution in [2.24, 2.45) is 7.05 Å². The van der Waals surface area contributed by atoms with Crippen LogP contribution >= 0.6 is 0 Å². The molecule has 154 valence electrons. The summed E-state index contributed by atoms with van der Waals surface area (Å²) in [6.07, 6.45) is 0. The molecular weight excluding hydrogens is 370 g/mol. The van der Waals surface area contributed by atoms with Gasteiger partial charge in [-0.2, -0.15) is 10.2 Å². The molecule has 2 heterocycles. The van der Waals surface area contributed by atoms with E-state index in [9.17, 15) is 4.79 Å². The van der Waals surface area contributed by atoms with Gasteiger partial charge in [-0.25, -0.2) is 0 Å². The van der Waals surface area contributed by atoms with Crippen molar-refractivity contribution in [1.82, 2.24) is 19.6 Å². The van der Waals surface area contributed by atoms with Gasteiger partial charge in [0.2, 0.25) is 0 Å². The molecule has 0 unspecified atom stereocenters. The molecule has 1 amide bonds. The van der Waals surface area contributed by atoms with Crippen molar-refractivity contribution in [3.63, 3.8) is 0 Å². The highest BCUT2D eigenvalue weighted by atomic mass is 16.5. The van der Waals surface area contributed by atoms with Crippen LogP contribution in [-0.4, -0.2) is 39.7 Å². The summed E-state index contributed by atoms with van der Waals surface area (Å²) in [5, 5.41) is 11.9. The SMILES string of the molecule is COc1ccc(Cn2nc(C)c(NC(=O)c3c(C)nn(C)c3C)c2C)cc1OC. The predicted octanol–water partition coefficient (Wildman–Crippen LogP) is 3.17. The first-order valence-corrected chi connectivity index (χ1v) is 9.33. The molecule has 0 aliphatic rings. The summed E-state index contributed by atoms with van der Waals surface area (Å²) in [6.45, 7) is 8.10. The van der Waals surface area contributed by atoms with Gasteiger partial charge in [0.25, 0.3) is 5.91 Å². The van der Waals surface area contributed by atoms with Gasteiger partial charge >= 0.3 is 0 Å². The smallest absolute Gasteiger partial charge is 0.259 e. The molecule has 2 aromatic heterocycles. The zero-order valence-electron chi connectivity index (χ0n) is 18.0. The molecule has 29 heavy (non-hydrogen) atoms. The van der Waals surface area contributed by atoms with E-state index in [-0.39, 0.29) is 5.91 Å². The Bertz CT molecular complexity index is 1060. The molecule has 0 bridgehead atoms. The molecule has 0 radical (unpaired) electrons. The number of rotatable bonds is 6. The van der Waals surface area contributed by atoms with E-state index in [1.165, 1.54) is 0 Å². The van der Waals surface area contributed by atoms with Crippen molar-refractivity contribution in [3.05, 3.63) is 52.1 Å². The standard InChI is InChI=1S/C21H27N5O3/c1-12-19(14(3)25(5)23-12)21(27)22-20-13(2)24-26(15(20)4)11-16-8-9-17(28-6)18(10-16)29-7/h8-10H,11H2,1-7H3,(H,22,27). The number of aromatic nitrogens is 4. The number of hydrogen-bond acceptors (Lipinski definition) is 5. The molecule has 0 saturated heterocycles. The van der Waals surface area contributed by atoms with Crippen molar-refractivity contribution in [2.75, 3.05) is 19.5 Å². The monoisotopic (exact) mass is 397 g/mol. The number of ether oxygens (including phenoxy) is 2. The first kappa shape index (κ1) is 20.4. The number of methoxy groups -OCH3 is 2. The molecule has 1 aromatic carbocycles. The van der Waals surface area contributed by atoms with Gasteiger partial charge in [-0.15, -0.1) is 0 Å². The second kappa shape index (κ2) is 7.98. The summed E-state index contributed by atoms with van der Waals surface area (Å²) in [6, 6.07) is 5.77. The van der Waals surface area contributed by atoms with E-state index in [2.05, 4.69) is 15.5 Å². The number of carbonyl (C=O) groups excluding carboxylic acids is 1. The van der Waals surface area contributed by atoms with Gasteiger partial charge in [-0.1, -0.05) is 6.07 Å². The van der Waals surface area contributed by atoms with E-state index in [0.29, 0.717) is 29.3 Å². The predicted molar refractivity (Wildman–Crippen MR) is 111 cm³/mol. The van der Waals surface area contributed by atoms with Gasteiger partial charge in [-0.05, 0) is 45.4 Å². The lowest BCUT2D eigenvalue weighted by molar-refractivity contribution is 0.102. The molecule has 0 fully saturated rings. The van der Waals surface area contributed by atoms with Crippen LogP contribution < -0.4 is 14.8 Å². The van der Waals surface area contributed by atoms with Crippen LogP contribution in [0, 0.1) is 27.7 Å². The lowest BCUT2D eigenvalue weighted by Crippen LogP contribution is -2.15. The maximum atomic E-state index is 12.9. The first-order chi connectivity index (χ1) is 13.8. The molecule has 3 aromatic rings. The minimum atomic E-state index is -0.176. The molecule has 0 aliphatic carbocycles. The third kappa shape index (κ3) is 3.83. The lowest BCUT2D eigenvalue weighted by Gasteiger charge is -2.11. The minimum Gasteiger partial charge on any atom is -0.493 e. The van der Waals surface area contributed by atoms with E-state index in [4.69, 9.17) is 9.47 Å². The van der Waals surface area contributed by atoms with E-state index in [0.717, 1.165) is 28.3 Å². The zero-order valence-corrected chi connectivity index (χ0v) is 18.0. The van der Waals surface area contributed by atoms with Crippen LogP contribution in [0.5, 0.6) is 11.5 Å². The molecule has 0 spiro atoms. The Morgan fingerprint density at radius 3 is 2.28 bits per heavy atom. The van der Waals surface area contributed by atoms with Crippen molar-refractivity contribution in [3.8, 4) is 11.5 Å². The number of nitrogens with one attached hydrogen (secondary N) is 1. The molecule has 8 nitrogen and oxygen atoms in total. The van der Waals surface area contributed by atoms with Crippen LogP contribution in [0.3, 0.4) is 0 Å². The van der Waals surface area contributed by atoms with Crippen LogP contribution in [0.1, 0.15) is 38.7 Å². The number of amides is 1. The van der Waals surface area contributed by atoms with Crippen molar-refractivity contribution in [2.45, 2.75) is 34.2 Å². The van der Waals surface area contributed by atoms with Gasteiger partial charge in [0.05, 0.1) is 49.1 Å². The molecule has 8 heteroatoms. The number of hydrogen-bond donors (Lipinski definition) is 1. The average Bonchev–Trinajstić information content (AvgIpc) is 3.10. The Kier molecular flexibility index (Phi) is 5.63. The van der Waals surface area contributed by atoms with Gasteiger partial charge < -0.3 is 14.8 Å². The fourth-order valence-corrected chi connectivity index (χ4v) is 3.46. The van der Waals surface area contributed by atoms with Crippen LogP contribution in [0.4, 0.5) is 5.69 Å². The highest BCUT2D eigenvalue weighted by Crippen LogP contribution is 2.29. The summed E-state index contributed by atoms with van der Waals surface area (Å²) >= 11 is 0. The van der Waals surface area contributed by atoms with E-state index < -0.39 is 0 Å². The Hall–Kier alpha value is -3.29. The van der Waals surface area contributed by atoms with Gasteiger partial charge in [0, 0.05) is 12.7 Å². The molecule has 0 atom stereocenters. The highest BCUT2D eigenvalue weighted by Gasteiger charge is 2.21. The second-order valence-electron chi connectivity index (χ2n) is 7.02. The maximum absolute atomic E-state index is 12.9. The van der Waals surface area contributed by atoms with Gasteiger partial charge in [0.1, 0.15) is 0 Å². The quantitative estimate of drug-likeness (QED) is 0.691. The summed E-state index contributed by atoms with van der Waals surface area (Å²) in [7, 11) is 5.05. The molecule has 0 saturated carbocycles. The lowest BCUT2D eigenvalue weighted by atomic mass is 10.1. The average molecular weight is 397 g/mol. The third-order valence-corrected chi connectivity index (χ3v) is 5.14.